The van der Waals surface area contributed by atoms with Gasteiger partial charge in [0.25, 0.3) is 0 Å². The van der Waals surface area contributed by atoms with Crippen molar-refractivity contribution in [2.24, 2.45) is 10.7 Å². The van der Waals surface area contributed by atoms with Crippen molar-refractivity contribution in [3.63, 3.8) is 0 Å². The molecule has 3 aromatic rings. The maximum absolute atomic E-state index is 12.3. The van der Waals surface area contributed by atoms with Crippen LogP contribution in [0.4, 0.5) is 17.1 Å². The second kappa shape index (κ2) is 13.3. The molecule has 0 unspecified atom stereocenters. The zero-order valence-corrected chi connectivity index (χ0v) is 21.6. The van der Waals surface area contributed by atoms with E-state index >= 15 is 0 Å². The van der Waals surface area contributed by atoms with Crippen LogP contribution in [0.15, 0.2) is 71.0 Å². The number of hydrogen-bond donors (Lipinski definition) is 3. The number of aliphatic imine (C=N–C) groups is 1. The Morgan fingerprint density at radius 3 is 2.54 bits per heavy atom. The Bertz CT molecular complexity index is 1100. The second-order valence-corrected chi connectivity index (χ2v) is 9.40. The number of anilines is 2. The summed E-state index contributed by atoms with van der Waals surface area (Å²) in [5.41, 5.74) is 10.0. The van der Waals surface area contributed by atoms with Crippen LogP contribution >= 0.6 is 23.7 Å². The average molecular weight is 513 g/mol. The third-order valence-electron chi connectivity index (χ3n) is 5.81. The van der Waals surface area contributed by atoms with Crippen molar-refractivity contribution in [1.29, 1.82) is 0 Å². The average Bonchev–Trinajstić information content (AvgIpc) is 3.39. The largest absolute Gasteiger partial charge is 0.383 e. The normalized spacial score (nSPS) is 14.4. The van der Waals surface area contributed by atoms with Crippen LogP contribution in [0, 0.1) is 0 Å². The van der Waals surface area contributed by atoms with Crippen LogP contribution in [0.2, 0.25) is 0 Å². The molecule has 9 heteroatoms. The van der Waals surface area contributed by atoms with Crippen molar-refractivity contribution >= 4 is 52.5 Å². The number of carbonyl (C=O) groups is 1. The number of amides is 1. The Balaban J connectivity index is 0.00000342. The van der Waals surface area contributed by atoms with Gasteiger partial charge in [-0.2, -0.15) is 0 Å². The zero-order valence-electron chi connectivity index (χ0n) is 19.9. The molecule has 1 aromatic heterocycles. The van der Waals surface area contributed by atoms with E-state index in [1.165, 1.54) is 5.69 Å². The number of nitrogens with zero attached hydrogens (tertiary/aromatic N) is 3. The molecule has 4 N–H and O–H groups in total. The highest BCUT2D eigenvalue weighted by molar-refractivity contribution is 7.12. The molecule has 186 valence electrons. The fourth-order valence-electron chi connectivity index (χ4n) is 3.83. The van der Waals surface area contributed by atoms with Gasteiger partial charge in [-0.05, 0) is 60.5 Å². The van der Waals surface area contributed by atoms with Gasteiger partial charge in [-0.3, -0.25) is 4.79 Å². The number of hydrogen-bond acceptors (Lipinski definition) is 6. The lowest BCUT2D eigenvalue weighted by Gasteiger charge is -2.34. The van der Waals surface area contributed by atoms with E-state index in [2.05, 4.69) is 44.6 Å². The summed E-state index contributed by atoms with van der Waals surface area (Å²) in [7, 11) is 2.15. The molecule has 2 aromatic carbocycles. The quantitative estimate of drug-likeness (QED) is 0.228. The van der Waals surface area contributed by atoms with E-state index in [0.29, 0.717) is 25.3 Å². The highest BCUT2D eigenvalue weighted by Crippen LogP contribution is 2.20. The third-order valence-corrected chi connectivity index (χ3v) is 6.70. The Kier molecular flexibility index (Phi) is 10.1. The molecule has 4 rings (SSSR count). The molecule has 0 radical (unpaired) electrons. The number of likely N-dealkylation sites (N-methyl/N-ethyl adjacent to an activating group) is 1. The van der Waals surface area contributed by atoms with E-state index < -0.39 is 0 Å². The van der Waals surface area contributed by atoms with Gasteiger partial charge in [0, 0.05) is 57.1 Å². The van der Waals surface area contributed by atoms with Gasteiger partial charge in [-0.1, -0.05) is 18.2 Å². The van der Waals surface area contributed by atoms with Crippen molar-refractivity contribution in [2.75, 3.05) is 50.0 Å². The number of halogens is 1. The van der Waals surface area contributed by atoms with Crippen molar-refractivity contribution in [3.8, 4) is 0 Å². The number of carbonyl (C=O) groups excluding carboxylic acids is 1. The Labute approximate surface area is 217 Å². The van der Waals surface area contributed by atoms with E-state index in [9.17, 15) is 4.79 Å². The third kappa shape index (κ3) is 8.07. The summed E-state index contributed by atoms with van der Waals surface area (Å²) in [4.78, 5) is 22.5. The highest BCUT2D eigenvalue weighted by atomic mass is 35.5. The standard InChI is InChI=1S/C26H32N6OS.ClH/c1-31-13-15-32(16-14-31)23-9-7-21(8-10-23)29-25(33)11-12-28-19-20-4-2-5-22(18-20)30-26(27)24-6-3-17-34-24;/h2-10,17-18,28H,11-16,19H2,1H3,(H2,27,30)(H,29,33);1H. The van der Waals surface area contributed by atoms with Crippen molar-refractivity contribution in [1.82, 2.24) is 10.2 Å². The van der Waals surface area contributed by atoms with E-state index in [4.69, 9.17) is 5.73 Å². The van der Waals surface area contributed by atoms with E-state index in [0.717, 1.165) is 48.0 Å². The van der Waals surface area contributed by atoms with E-state index in [1.54, 1.807) is 11.3 Å². The molecular formula is C26H33ClN6OS. The van der Waals surface area contributed by atoms with E-state index in [-0.39, 0.29) is 18.3 Å². The first-order valence-electron chi connectivity index (χ1n) is 11.6. The molecule has 7 nitrogen and oxygen atoms in total. The summed E-state index contributed by atoms with van der Waals surface area (Å²) in [6, 6.07) is 20.0. The number of amidine groups is 1. The molecule has 35 heavy (non-hydrogen) atoms. The number of nitrogens with two attached hydrogens (primary N) is 1. The maximum Gasteiger partial charge on any atom is 0.225 e. The zero-order chi connectivity index (χ0) is 23.8. The van der Waals surface area contributed by atoms with Gasteiger partial charge in [0.1, 0.15) is 5.84 Å². The van der Waals surface area contributed by atoms with Gasteiger partial charge in [0.05, 0.1) is 10.6 Å². The molecule has 0 atom stereocenters. The molecule has 0 aliphatic carbocycles. The lowest BCUT2D eigenvalue weighted by atomic mass is 10.2. The molecule has 1 aliphatic heterocycles. The summed E-state index contributed by atoms with van der Waals surface area (Å²) < 4.78 is 0. The molecule has 0 bridgehead atoms. The fourth-order valence-corrected chi connectivity index (χ4v) is 4.46. The van der Waals surface area contributed by atoms with Crippen molar-refractivity contribution < 1.29 is 4.79 Å². The fraction of sp³-hybridized carbons (Fsp3) is 0.308. The minimum absolute atomic E-state index is 0. The van der Waals surface area contributed by atoms with Crippen molar-refractivity contribution in [3.05, 3.63) is 76.5 Å². The highest BCUT2D eigenvalue weighted by Gasteiger charge is 2.14. The summed E-state index contributed by atoms with van der Waals surface area (Å²) in [5.74, 6) is 0.523. The first-order chi connectivity index (χ1) is 16.6. The summed E-state index contributed by atoms with van der Waals surface area (Å²) >= 11 is 1.57. The van der Waals surface area contributed by atoms with Crippen molar-refractivity contribution in [2.45, 2.75) is 13.0 Å². The van der Waals surface area contributed by atoms with Gasteiger partial charge in [0.15, 0.2) is 0 Å². The minimum atomic E-state index is 0. The van der Waals surface area contributed by atoms with Crippen LogP contribution in [0.5, 0.6) is 0 Å². The molecule has 1 aliphatic rings. The Morgan fingerprint density at radius 2 is 1.83 bits per heavy atom. The lowest BCUT2D eigenvalue weighted by molar-refractivity contribution is -0.116. The summed E-state index contributed by atoms with van der Waals surface area (Å²) in [6.45, 7) is 5.47. The number of piperazine rings is 1. The molecule has 1 fully saturated rings. The molecule has 2 heterocycles. The van der Waals surface area contributed by atoms with Crippen LogP contribution in [0.3, 0.4) is 0 Å². The molecule has 0 saturated carbocycles. The summed E-state index contributed by atoms with van der Waals surface area (Å²) in [6.07, 6.45) is 0.406. The SMILES string of the molecule is CN1CCN(c2ccc(NC(=O)CCNCc3cccc(N=C(N)c4cccs4)c3)cc2)CC1.Cl. The summed E-state index contributed by atoms with van der Waals surface area (Å²) in [5, 5.41) is 8.30. The maximum atomic E-state index is 12.3. The van der Waals surface area contributed by atoms with Crippen LogP contribution in [0.25, 0.3) is 0 Å². The molecular weight excluding hydrogens is 480 g/mol. The number of benzene rings is 2. The van der Waals surface area contributed by atoms with Gasteiger partial charge < -0.3 is 26.2 Å². The second-order valence-electron chi connectivity index (χ2n) is 8.46. The predicted octanol–water partition coefficient (Wildman–Crippen LogP) is 4.08. The van der Waals surface area contributed by atoms with E-state index in [1.807, 2.05) is 53.9 Å². The number of rotatable bonds is 9. The number of nitrogens with one attached hydrogen (secondary N) is 2. The molecule has 0 spiro atoms. The van der Waals surface area contributed by atoms with Gasteiger partial charge in [-0.25, -0.2) is 4.99 Å². The molecule has 1 amide bonds. The van der Waals surface area contributed by atoms with Crippen LogP contribution < -0.4 is 21.3 Å². The predicted molar refractivity (Wildman–Crippen MR) is 149 cm³/mol. The van der Waals surface area contributed by atoms with Gasteiger partial charge in [0.2, 0.25) is 5.91 Å². The number of thiophene rings is 1. The molecule has 1 saturated heterocycles. The van der Waals surface area contributed by atoms with Gasteiger partial charge >= 0.3 is 0 Å². The lowest BCUT2D eigenvalue weighted by Crippen LogP contribution is -2.44. The topological polar surface area (TPSA) is 86.0 Å². The Morgan fingerprint density at radius 1 is 1.06 bits per heavy atom. The first-order valence-corrected chi connectivity index (χ1v) is 12.5. The first kappa shape index (κ1) is 26.7. The van der Waals surface area contributed by atoms with Gasteiger partial charge in [-0.15, -0.1) is 23.7 Å². The smallest absolute Gasteiger partial charge is 0.225 e. The monoisotopic (exact) mass is 512 g/mol. The van der Waals surface area contributed by atoms with Crippen LogP contribution in [-0.4, -0.2) is 56.4 Å². The van der Waals surface area contributed by atoms with Crippen LogP contribution in [-0.2, 0) is 11.3 Å². The Hall–Kier alpha value is -2.91. The van der Waals surface area contributed by atoms with Crippen LogP contribution in [0.1, 0.15) is 16.9 Å². The minimum Gasteiger partial charge on any atom is -0.383 e.